The Hall–Kier alpha value is 0.270. The van der Waals surface area contributed by atoms with E-state index in [0.717, 1.165) is 17.3 Å². The molecule has 0 aromatic carbocycles. The van der Waals surface area contributed by atoms with Crippen molar-refractivity contribution in [2.24, 2.45) is 0 Å². The van der Waals surface area contributed by atoms with Crippen LogP contribution in [0.2, 0.25) is 0 Å². The average Bonchev–Trinajstić information content (AvgIpc) is 2.79. The van der Waals surface area contributed by atoms with Gasteiger partial charge in [-0.2, -0.15) is 11.8 Å². The maximum Gasteiger partial charge on any atom is 0.0198 e. The Morgan fingerprint density at radius 2 is 1.94 bits per heavy atom. The Bertz CT molecular complexity index is 214. The van der Waals surface area contributed by atoms with Crippen LogP contribution in [-0.2, 0) is 0 Å². The highest BCUT2D eigenvalue weighted by atomic mass is 32.2. The van der Waals surface area contributed by atoms with Crippen LogP contribution in [0.4, 0.5) is 0 Å². The second-order valence-corrected chi connectivity index (χ2v) is 6.67. The van der Waals surface area contributed by atoms with Gasteiger partial charge in [-0.15, -0.1) is 0 Å². The lowest BCUT2D eigenvalue weighted by Crippen LogP contribution is -2.47. The lowest BCUT2D eigenvalue weighted by molar-refractivity contribution is 0.191. The summed E-state index contributed by atoms with van der Waals surface area (Å²) in [5, 5.41) is 4.81. The first-order valence-corrected chi connectivity index (χ1v) is 8.63. The second-order valence-electron chi connectivity index (χ2n) is 5.59. The number of hydrogen-bond acceptors (Lipinski definition) is 3. The van der Waals surface area contributed by atoms with Gasteiger partial charge in [-0.25, -0.2) is 0 Å². The van der Waals surface area contributed by atoms with Crippen LogP contribution in [0.1, 0.15) is 45.4 Å². The third kappa shape index (κ3) is 3.87. The van der Waals surface area contributed by atoms with Crippen LogP contribution in [0.15, 0.2) is 0 Å². The molecule has 0 bridgehead atoms. The molecular weight excluding hydrogens is 228 g/mol. The van der Waals surface area contributed by atoms with E-state index in [2.05, 4.69) is 35.2 Å². The van der Waals surface area contributed by atoms with Crippen LogP contribution in [0.5, 0.6) is 0 Å². The van der Waals surface area contributed by atoms with Gasteiger partial charge in [0.15, 0.2) is 0 Å². The summed E-state index contributed by atoms with van der Waals surface area (Å²) in [6.07, 6.45) is 10.5. The molecule has 2 rings (SSSR count). The van der Waals surface area contributed by atoms with Crippen LogP contribution in [-0.4, -0.2) is 48.1 Å². The van der Waals surface area contributed by atoms with Crippen molar-refractivity contribution in [3.8, 4) is 0 Å². The number of nitrogens with one attached hydrogen (secondary N) is 1. The lowest BCUT2D eigenvalue weighted by Gasteiger charge is -2.34. The van der Waals surface area contributed by atoms with Crippen molar-refractivity contribution in [1.29, 1.82) is 0 Å². The van der Waals surface area contributed by atoms with Crippen LogP contribution < -0.4 is 5.32 Å². The molecule has 2 aliphatic rings. The van der Waals surface area contributed by atoms with E-state index in [9.17, 15) is 0 Å². The summed E-state index contributed by atoms with van der Waals surface area (Å²) < 4.78 is 0. The van der Waals surface area contributed by atoms with Crippen LogP contribution in [0, 0.1) is 0 Å². The Morgan fingerprint density at radius 3 is 2.59 bits per heavy atom. The molecule has 2 unspecified atom stereocenters. The Labute approximate surface area is 111 Å². The van der Waals surface area contributed by atoms with Gasteiger partial charge >= 0.3 is 0 Å². The summed E-state index contributed by atoms with van der Waals surface area (Å²) in [5.74, 6) is 0. The molecule has 2 fully saturated rings. The van der Waals surface area contributed by atoms with Gasteiger partial charge in [-0.3, -0.25) is 0 Å². The molecular formula is C14H28N2S. The summed E-state index contributed by atoms with van der Waals surface area (Å²) in [7, 11) is 0. The number of thioether (sulfide) groups is 1. The van der Waals surface area contributed by atoms with E-state index in [4.69, 9.17) is 0 Å². The molecule has 0 radical (unpaired) electrons. The minimum absolute atomic E-state index is 0.792. The molecule has 0 aromatic rings. The van der Waals surface area contributed by atoms with Gasteiger partial charge in [0.1, 0.15) is 0 Å². The molecule has 0 spiro atoms. The molecule has 0 aromatic heterocycles. The van der Waals surface area contributed by atoms with Gasteiger partial charge < -0.3 is 10.2 Å². The molecule has 1 heterocycles. The van der Waals surface area contributed by atoms with Crippen molar-refractivity contribution in [2.45, 2.75) is 62.8 Å². The van der Waals surface area contributed by atoms with Crippen molar-refractivity contribution < 1.29 is 0 Å². The second kappa shape index (κ2) is 7.01. The maximum absolute atomic E-state index is 3.93. The number of nitrogens with zero attached hydrogens (tertiary/aromatic N) is 1. The first kappa shape index (κ1) is 13.7. The lowest BCUT2D eigenvalue weighted by atomic mass is 10.0. The Kier molecular flexibility index (Phi) is 5.64. The fourth-order valence-electron chi connectivity index (χ4n) is 3.34. The van der Waals surface area contributed by atoms with E-state index in [1.54, 1.807) is 0 Å². The number of likely N-dealkylation sites (tertiary alicyclic amines) is 1. The molecule has 1 N–H and O–H groups in total. The predicted octanol–water partition coefficient (Wildman–Crippen LogP) is 2.73. The maximum atomic E-state index is 3.93. The smallest absolute Gasteiger partial charge is 0.0198 e. The summed E-state index contributed by atoms with van der Waals surface area (Å²) in [5.41, 5.74) is 0. The zero-order valence-electron chi connectivity index (χ0n) is 11.5. The monoisotopic (exact) mass is 256 g/mol. The van der Waals surface area contributed by atoms with Crippen LogP contribution in [0.25, 0.3) is 0 Å². The third-order valence-corrected chi connectivity index (χ3v) is 5.50. The number of hydrogen-bond donors (Lipinski definition) is 1. The van der Waals surface area contributed by atoms with E-state index in [1.165, 1.54) is 58.2 Å². The molecule has 17 heavy (non-hydrogen) atoms. The van der Waals surface area contributed by atoms with E-state index in [-0.39, 0.29) is 0 Å². The van der Waals surface area contributed by atoms with Gasteiger partial charge in [0.25, 0.3) is 0 Å². The van der Waals surface area contributed by atoms with Crippen molar-refractivity contribution >= 4 is 11.8 Å². The average molecular weight is 256 g/mol. The molecule has 1 aliphatic heterocycles. The van der Waals surface area contributed by atoms with Gasteiger partial charge in [0.2, 0.25) is 0 Å². The molecule has 1 saturated carbocycles. The zero-order valence-corrected chi connectivity index (χ0v) is 12.3. The quantitative estimate of drug-likeness (QED) is 0.814. The molecule has 1 aliphatic carbocycles. The Balaban J connectivity index is 1.70. The molecule has 0 amide bonds. The molecule has 2 atom stereocenters. The Morgan fingerprint density at radius 1 is 1.18 bits per heavy atom. The third-order valence-electron chi connectivity index (χ3n) is 4.33. The van der Waals surface area contributed by atoms with Gasteiger partial charge in [0.05, 0.1) is 0 Å². The topological polar surface area (TPSA) is 15.3 Å². The summed E-state index contributed by atoms with van der Waals surface area (Å²) >= 11 is 2.06. The molecule has 100 valence electrons. The van der Waals surface area contributed by atoms with E-state index < -0.39 is 0 Å². The summed E-state index contributed by atoms with van der Waals surface area (Å²) in [6, 6.07) is 1.59. The van der Waals surface area contributed by atoms with E-state index in [0.29, 0.717) is 0 Å². The largest absolute Gasteiger partial charge is 0.310 e. The highest BCUT2D eigenvalue weighted by molar-refractivity contribution is 7.99. The fraction of sp³-hybridized carbons (Fsp3) is 1.00. The van der Waals surface area contributed by atoms with Crippen molar-refractivity contribution in [3.63, 3.8) is 0 Å². The van der Waals surface area contributed by atoms with Crippen LogP contribution in [0.3, 0.4) is 0 Å². The van der Waals surface area contributed by atoms with E-state index in [1.807, 2.05) is 0 Å². The SMILES string of the molecule is CCCN1CCC(NC2CCCC2SC)CC1. The molecule has 3 heteroatoms. The minimum atomic E-state index is 0.792. The van der Waals surface area contributed by atoms with Gasteiger partial charge in [-0.1, -0.05) is 13.3 Å². The van der Waals surface area contributed by atoms with Crippen molar-refractivity contribution in [1.82, 2.24) is 10.2 Å². The molecule has 2 nitrogen and oxygen atoms in total. The van der Waals surface area contributed by atoms with Gasteiger partial charge in [-0.05, 0) is 58.0 Å². The first-order chi connectivity index (χ1) is 8.33. The van der Waals surface area contributed by atoms with Crippen molar-refractivity contribution in [3.05, 3.63) is 0 Å². The number of rotatable bonds is 5. The minimum Gasteiger partial charge on any atom is -0.310 e. The summed E-state index contributed by atoms with van der Waals surface area (Å²) in [4.78, 5) is 2.62. The van der Waals surface area contributed by atoms with Crippen LogP contribution >= 0.6 is 11.8 Å². The predicted molar refractivity (Wildman–Crippen MR) is 77.8 cm³/mol. The molecule has 1 saturated heterocycles. The highest BCUT2D eigenvalue weighted by Crippen LogP contribution is 2.29. The van der Waals surface area contributed by atoms with E-state index >= 15 is 0 Å². The first-order valence-electron chi connectivity index (χ1n) is 7.34. The summed E-state index contributed by atoms with van der Waals surface area (Å²) in [6.45, 7) is 6.19. The highest BCUT2D eigenvalue weighted by Gasteiger charge is 2.29. The normalized spacial score (nSPS) is 32.1. The zero-order chi connectivity index (χ0) is 12.1. The standard InChI is InChI=1S/C14H28N2S/c1-3-9-16-10-7-12(8-11-16)15-13-5-4-6-14(13)17-2/h12-15H,3-11H2,1-2H3. The van der Waals surface area contributed by atoms with Gasteiger partial charge in [0, 0.05) is 17.3 Å². The number of piperidine rings is 1. The van der Waals surface area contributed by atoms with Crippen molar-refractivity contribution in [2.75, 3.05) is 25.9 Å². The fourth-order valence-corrected chi connectivity index (χ4v) is 4.29.